The average Bonchev–Trinajstić information content (AvgIpc) is 2.68. The Morgan fingerprint density at radius 2 is 1.41 bits per heavy atom. The van der Waals surface area contributed by atoms with Crippen molar-refractivity contribution in [3.63, 3.8) is 0 Å². The second kappa shape index (κ2) is 7.97. The number of hydrogen-bond acceptors (Lipinski definition) is 5. The first-order chi connectivity index (χ1) is 13.6. The molecule has 3 rings (SSSR count). The van der Waals surface area contributed by atoms with Crippen molar-refractivity contribution in [3.8, 4) is 0 Å². The maximum atomic E-state index is 12.8. The molecule has 29 heavy (non-hydrogen) atoms. The highest BCUT2D eigenvalue weighted by molar-refractivity contribution is 9.10. The fourth-order valence-corrected chi connectivity index (χ4v) is 5.23. The van der Waals surface area contributed by atoms with Gasteiger partial charge in [0, 0.05) is 10.2 Å². The van der Waals surface area contributed by atoms with Crippen LogP contribution in [0, 0.1) is 0 Å². The van der Waals surface area contributed by atoms with Crippen LogP contribution in [0.2, 0.25) is 0 Å². The van der Waals surface area contributed by atoms with Crippen LogP contribution in [0.4, 0.5) is 5.69 Å². The van der Waals surface area contributed by atoms with Crippen LogP contribution in [0.15, 0.2) is 92.0 Å². The number of carboxylic acids is 1. The molecule has 0 aliphatic carbocycles. The number of aromatic carboxylic acids is 1. The number of carboxylic acid groups (broad SMARTS) is 1. The van der Waals surface area contributed by atoms with Crippen LogP contribution in [0.25, 0.3) is 0 Å². The third-order valence-electron chi connectivity index (χ3n) is 3.91. The molecule has 0 aliphatic rings. The minimum atomic E-state index is -4.14. The van der Waals surface area contributed by atoms with Crippen LogP contribution in [-0.4, -0.2) is 27.9 Å². The number of carbonyl (C=O) groups is 1. The summed E-state index contributed by atoms with van der Waals surface area (Å²) < 4.78 is 54.0. The number of nitrogens with one attached hydrogen (secondary N) is 1. The normalized spacial score (nSPS) is 11.8. The third kappa shape index (κ3) is 4.66. The molecule has 0 heterocycles. The number of anilines is 1. The molecule has 10 heteroatoms. The van der Waals surface area contributed by atoms with Crippen molar-refractivity contribution in [3.05, 3.63) is 82.8 Å². The van der Waals surface area contributed by atoms with Crippen LogP contribution in [0.5, 0.6) is 0 Å². The van der Waals surface area contributed by atoms with Crippen molar-refractivity contribution in [1.82, 2.24) is 0 Å². The van der Waals surface area contributed by atoms with Gasteiger partial charge in [-0.05, 0) is 60.7 Å². The van der Waals surface area contributed by atoms with Crippen molar-refractivity contribution in [2.24, 2.45) is 0 Å². The summed E-state index contributed by atoms with van der Waals surface area (Å²) in [7, 11) is -8.06. The van der Waals surface area contributed by atoms with Gasteiger partial charge in [0.25, 0.3) is 10.0 Å². The molecule has 7 nitrogen and oxygen atoms in total. The van der Waals surface area contributed by atoms with E-state index in [0.29, 0.717) is 4.47 Å². The quantitative estimate of drug-likeness (QED) is 0.537. The molecule has 0 bridgehead atoms. The van der Waals surface area contributed by atoms with Gasteiger partial charge in [-0.1, -0.05) is 28.1 Å². The van der Waals surface area contributed by atoms with E-state index in [1.807, 2.05) is 0 Å². The van der Waals surface area contributed by atoms with Crippen LogP contribution in [0.3, 0.4) is 0 Å². The van der Waals surface area contributed by atoms with Gasteiger partial charge in [0.1, 0.15) is 0 Å². The number of hydrogen-bond donors (Lipinski definition) is 2. The number of sulfone groups is 1. The Balaban J connectivity index is 1.97. The summed E-state index contributed by atoms with van der Waals surface area (Å²) in [5, 5.41) is 9.03. The van der Waals surface area contributed by atoms with Crippen molar-refractivity contribution in [2.75, 3.05) is 4.72 Å². The predicted octanol–water partition coefficient (Wildman–Crippen LogP) is 3.78. The van der Waals surface area contributed by atoms with E-state index in [-0.39, 0.29) is 25.9 Å². The van der Waals surface area contributed by atoms with Crippen LogP contribution < -0.4 is 4.72 Å². The lowest BCUT2D eigenvalue weighted by molar-refractivity contribution is 0.0697. The lowest BCUT2D eigenvalue weighted by atomic mass is 10.2. The molecule has 0 amide bonds. The summed E-state index contributed by atoms with van der Waals surface area (Å²) in [6.07, 6.45) is 0. The molecule has 0 saturated carbocycles. The number of sulfonamides is 1. The average molecular weight is 496 g/mol. The summed E-state index contributed by atoms with van der Waals surface area (Å²) >= 11 is 3.23. The highest BCUT2D eigenvalue weighted by atomic mass is 79.9. The topological polar surface area (TPSA) is 118 Å². The second-order valence-corrected chi connectivity index (χ2v) is 10.5. The van der Waals surface area contributed by atoms with Crippen molar-refractivity contribution in [1.29, 1.82) is 0 Å². The van der Waals surface area contributed by atoms with E-state index in [1.165, 1.54) is 54.6 Å². The summed E-state index contributed by atoms with van der Waals surface area (Å²) in [4.78, 5) is 10.6. The maximum absolute atomic E-state index is 12.8. The van der Waals surface area contributed by atoms with Gasteiger partial charge in [-0.15, -0.1) is 0 Å². The first-order valence-corrected chi connectivity index (χ1v) is 11.8. The molecule has 3 aromatic rings. The fraction of sp³-hybridized carbons (Fsp3) is 0. The second-order valence-electron chi connectivity index (χ2n) is 5.92. The third-order valence-corrected chi connectivity index (χ3v) is 7.59. The molecule has 2 N–H and O–H groups in total. The van der Waals surface area contributed by atoms with E-state index >= 15 is 0 Å². The number of benzene rings is 3. The van der Waals surface area contributed by atoms with Crippen molar-refractivity contribution in [2.45, 2.75) is 14.7 Å². The van der Waals surface area contributed by atoms with Gasteiger partial charge < -0.3 is 5.11 Å². The summed E-state index contributed by atoms with van der Waals surface area (Å²) in [5.41, 5.74) is -0.0390. The molecule has 3 aromatic carbocycles. The van der Waals surface area contributed by atoms with Crippen LogP contribution in [-0.2, 0) is 19.9 Å². The largest absolute Gasteiger partial charge is 0.478 e. The smallest absolute Gasteiger partial charge is 0.335 e. The van der Waals surface area contributed by atoms with Crippen LogP contribution in [0.1, 0.15) is 10.4 Å². The molecule has 0 aliphatic heterocycles. The van der Waals surface area contributed by atoms with Gasteiger partial charge in [0.05, 0.1) is 20.2 Å². The summed E-state index contributed by atoms with van der Waals surface area (Å²) in [6, 6.07) is 16.2. The van der Waals surface area contributed by atoms with E-state index in [9.17, 15) is 21.6 Å². The molecule has 150 valence electrons. The Kier molecular flexibility index (Phi) is 5.78. The van der Waals surface area contributed by atoms with Gasteiger partial charge in [0.2, 0.25) is 9.84 Å². The zero-order chi connectivity index (χ0) is 21.2. The van der Waals surface area contributed by atoms with Crippen molar-refractivity contribution < 1.29 is 26.7 Å². The molecule has 0 radical (unpaired) electrons. The lowest BCUT2D eigenvalue weighted by Gasteiger charge is -2.10. The van der Waals surface area contributed by atoms with Gasteiger partial charge in [-0.25, -0.2) is 21.6 Å². The van der Waals surface area contributed by atoms with Gasteiger partial charge in [-0.3, -0.25) is 4.72 Å². The number of rotatable bonds is 6. The SMILES string of the molecule is O=C(O)c1cccc(NS(=O)(=O)c2cccc(S(=O)(=O)c3ccc(Br)cc3)c2)c1. The van der Waals surface area contributed by atoms with E-state index < -0.39 is 25.8 Å². The summed E-state index contributed by atoms with van der Waals surface area (Å²) in [6.45, 7) is 0. The lowest BCUT2D eigenvalue weighted by Crippen LogP contribution is -2.14. The highest BCUT2D eigenvalue weighted by Gasteiger charge is 2.22. The van der Waals surface area contributed by atoms with Gasteiger partial charge in [-0.2, -0.15) is 0 Å². The van der Waals surface area contributed by atoms with Crippen LogP contribution >= 0.6 is 15.9 Å². The molecular weight excluding hydrogens is 482 g/mol. The zero-order valence-electron chi connectivity index (χ0n) is 14.6. The number of halogens is 1. The van der Waals surface area contributed by atoms with E-state index in [4.69, 9.17) is 5.11 Å². The molecular formula is C19H14BrNO6S2. The molecule has 0 atom stereocenters. The standard InChI is InChI=1S/C19H14BrNO6S2/c20-14-7-9-16(10-8-14)28(24,25)17-5-2-6-18(12-17)29(26,27)21-15-4-1-3-13(11-15)19(22)23/h1-12,21H,(H,22,23). The minimum Gasteiger partial charge on any atom is -0.478 e. The molecule has 0 fully saturated rings. The molecule has 0 saturated heterocycles. The maximum Gasteiger partial charge on any atom is 0.335 e. The Hall–Kier alpha value is -2.69. The monoisotopic (exact) mass is 495 g/mol. The summed E-state index contributed by atoms with van der Waals surface area (Å²) in [5.74, 6) is -1.20. The first-order valence-electron chi connectivity index (χ1n) is 8.06. The van der Waals surface area contributed by atoms with E-state index in [1.54, 1.807) is 12.1 Å². The van der Waals surface area contributed by atoms with Crippen molar-refractivity contribution >= 4 is 47.4 Å². The Morgan fingerprint density at radius 3 is 2.07 bits per heavy atom. The van der Waals surface area contributed by atoms with Gasteiger partial charge >= 0.3 is 5.97 Å². The molecule has 0 spiro atoms. The minimum absolute atomic E-state index is 0.0253. The Morgan fingerprint density at radius 1 is 0.793 bits per heavy atom. The first kappa shape index (κ1) is 21.0. The van der Waals surface area contributed by atoms with E-state index in [0.717, 1.165) is 6.07 Å². The molecule has 0 unspecified atom stereocenters. The molecule has 0 aromatic heterocycles. The predicted molar refractivity (Wildman–Crippen MR) is 110 cm³/mol. The van der Waals surface area contributed by atoms with E-state index in [2.05, 4.69) is 20.7 Å². The van der Waals surface area contributed by atoms with Gasteiger partial charge in [0.15, 0.2) is 0 Å². The Bertz CT molecular complexity index is 1290. The zero-order valence-corrected chi connectivity index (χ0v) is 17.8. The fourth-order valence-electron chi connectivity index (χ4n) is 2.49. The highest BCUT2D eigenvalue weighted by Crippen LogP contribution is 2.25. The Labute approximate surface area is 176 Å².